The predicted molar refractivity (Wildman–Crippen MR) is 91.3 cm³/mol. The zero-order valence-electron chi connectivity index (χ0n) is 12.3. The maximum absolute atomic E-state index is 12.1. The Morgan fingerprint density at radius 2 is 1.86 bits per heavy atom. The normalized spacial score (nSPS) is 12.1. The fourth-order valence-electron chi connectivity index (χ4n) is 1.91. The molecule has 1 unspecified atom stereocenters. The summed E-state index contributed by atoms with van der Waals surface area (Å²) in [4.78, 5) is 12.1. The van der Waals surface area contributed by atoms with Gasteiger partial charge in [0.15, 0.2) is 0 Å². The fraction of sp³-hybridized carbons (Fsp3) is 0.176. The van der Waals surface area contributed by atoms with E-state index in [2.05, 4.69) is 15.8 Å². The SMILES string of the molecule is CCC(Nc1ccccc1)C(=O)N/N=C/c1ccccc1Cl. The van der Waals surface area contributed by atoms with Crippen LogP contribution >= 0.6 is 11.6 Å². The third-order valence-electron chi connectivity index (χ3n) is 3.12. The van der Waals surface area contributed by atoms with Crippen LogP contribution in [-0.2, 0) is 4.79 Å². The van der Waals surface area contributed by atoms with Crippen LogP contribution in [0.4, 0.5) is 5.69 Å². The molecule has 2 N–H and O–H groups in total. The molecule has 22 heavy (non-hydrogen) atoms. The smallest absolute Gasteiger partial charge is 0.262 e. The van der Waals surface area contributed by atoms with Crippen LogP contribution in [0.3, 0.4) is 0 Å². The number of rotatable bonds is 6. The van der Waals surface area contributed by atoms with Gasteiger partial charge in [-0.15, -0.1) is 0 Å². The van der Waals surface area contributed by atoms with Crippen LogP contribution in [0.25, 0.3) is 0 Å². The number of para-hydroxylation sites is 1. The summed E-state index contributed by atoms with van der Waals surface area (Å²) in [5, 5.41) is 7.73. The molecule has 0 saturated carbocycles. The zero-order valence-corrected chi connectivity index (χ0v) is 13.0. The Hall–Kier alpha value is -2.33. The highest BCUT2D eigenvalue weighted by Gasteiger charge is 2.15. The van der Waals surface area contributed by atoms with Crippen molar-refractivity contribution in [2.75, 3.05) is 5.32 Å². The molecule has 0 aliphatic carbocycles. The highest BCUT2D eigenvalue weighted by Crippen LogP contribution is 2.12. The number of amides is 1. The van der Waals surface area contributed by atoms with E-state index in [0.717, 1.165) is 11.3 Å². The van der Waals surface area contributed by atoms with Crippen LogP contribution in [0.1, 0.15) is 18.9 Å². The Bertz CT molecular complexity index is 643. The van der Waals surface area contributed by atoms with E-state index in [0.29, 0.717) is 11.4 Å². The number of hydrazone groups is 1. The maximum atomic E-state index is 12.1. The number of carbonyl (C=O) groups excluding carboxylic acids is 1. The van der Waals surface area contributed by atoms with Crippen molar-refractivity contribution < 1.29 is 4.79 Å². The molecule has 1 amide bonds. The third-order valence-corrected chi connectivity index (χ3v) is 3.47. The number of hydrogen-bond acceptors (Lipinski definition) is 3. The lowest BCUT2D eigenvalue weighted by Gasteiger charge is -2.16. The summed E-state index contributed by atoms with van der Waals surface area (Å²) < 4.78 is 0. The Kier molecular flexibility index (Phi) is 5.98. The third kappa shape index (κ3) is 4.60. The first-order chi connectivity index (χ1) is 10.7. The van der Waals surface area contributed by atoms with Crippen molar-refractivity contribution in [3.8, 4) is 0 Å². The second-order valence-corrected chi connectivity index (χ2v) is 5.13. The number of nitrogens with one attached hydrogen (secondary N) is 2. The molecule has 0 aliphatic rings. The second-order valence-electron chi connectivity index (χ2n) is 4.73. The highest BCUT2D eigenvalue weighted by molar-refractivity contribution is 6.33. The van der Waals surface area contributed by atoms with Crippen molar-refractivity contribution in [1.29, 1.82) is 0 Å². The molecule has 2 aromatic rings. The molecule has 0 spiro atoms. The summed E-state index contributed by atoms with van der Waals surface area (Å²) in [6, 6.07) is 16.6. The van der Waals surface area contributed by atoms with Crippen molar-refractivity contribution >= 4 is 29.4 Å². The van der Waals surface area contributed by atoms with Gasteiger partial charge in [-0.3, -0.25) is 4.79 Å². The van der Waals surface area contributed by atoms with Gasteiger partial charge in [-0.25, -0.2) is 5.43 Å². The Labute approximate surface area is 135 Å². The van der Waals surface area contributed by atoms with Crippen LogP contribution in [0.15, 0.2) is 59.7 Å². The minimum Gasteiger partial charge on any atom is -0.374 e. The van der Waals surface area contributed by atoms with Crippen molar-refractivity contribution in [3.05, 3.63) is 65.2 Å². The predicted octanol–water partition coefficient (Wildman–Crippen LogP) is 3.68. The van der Waals surface area contributed by atoms with Crippen molar-refractivity contribution in [2.45, 2.75) is 19.4 Å². The van der Waals surface area contributed by atoms with E-state index < -0.39 is 0 Å². The Morgan fingerprint density at radius 3 is 2.55 bits per heavy atom. The molecule has 0 fully saturated rings. The number of anilines is 1. The lowest BCUT2D eigenvalue weighted by Crippen LogP contribution is -2.36. The van der Waals surface area contributed by atoms with Gasteiger partial charge >= 0.3 is 0 Å². The molecule has 0 radical (unpaired) electrons. The molecule has 0 saturated heterocycles. The molecule has 0 aliphatic heterocycles. The number of carbonyl (C=O) groups is 1. The van der Waals surface area contributed by atoms with Crippen LogP contribution < -0.4 is 10.7 Å². The van der Waals surface area contributed by atoms with Gasteiger partial charge in [0, 0.05) is 16.3 Å². The lowest BCUT2D eigenvalue weighted by atomic mass is 10.2. The van der Waals surface area contributed by atoms with Gasteiger partial charge in [0.05, 0.1) is 6.21 Å². The standard InChI is InChI=1S/C17H18ClN3O/c1-2-16(20-14-9-4-3-5-10-14)17(22)21-19-12-13-8-6-7-11-15(13)18/h3-12,16,20H,2H2,1H3,(H,21,22)/b19-12+. The molecule has 1 atom stereocenters. The first-order valence-corrected chi connectivity index (χ1v) is 7.47. The van der Waals surface area contributed by atoms with Gasteiger partial charge in [-0.2, -0.15) is 5.10 Å². The summed E-state index contributed by atoms with van der Waals surface area (Å²) in [6.45, 7) is 1.94. The summed E-state index contributed by atoms with van der Waals surface area (Å²) in [7, 11) is 0. The highest BCUT2D eigenvalue weighted by atomic mass is 35.5. The Balaban J connectivity index is 1.94. The van der Waals surface area contributed by atoms with Gasteiger partial charge in [-0.1, -0.05) is 54.9 Å². The summed E-state index contributed by atoms with van der Waals surface area (Å²) >= 11 is 6.02. The van der Waals surface area contributed by atoms with Crippen molar-refractivity contribution in [2.24, 2.45) is 5.10 Å². The van der Waals surface area contributed by atoms with Crippen LogP contribution in [0.5, 0.6) is 0 Å². The van der Waals surface area contributed by atoms with E-state index in [1.54, 1.807) is 6.07 Å². The number of nitrogens with zero attached hydrogens (tertiary/aromatic N) is 1. The fourth-order valence-corrected chi connectivity index (χ4v) is 2.10. The lowest BCUT2D eigenvalue weighted by molar-refractivity contribution is -0.121. The van der Waals surface area contributed by atoms with Crippen LogP contribution in [0.2, 0.25) is 5.02 Å². The molecule has 0 heterocycles. The minimum absolute atomic E-state index is 0.186. The van der Waals surface area contributed by atoms with Crippen molar-refractivity contribution in [1.82, 2.24) is 5.43 Å². The summed E-state index contributed by atoms with van der Waals surface area (Å²) in [5.74, 6) is -0.186. The first kappa shape index (κ1) is 16.0. The largest absolute Gasteiger partial charge is 0.374 e. The van der Waals surface area contributed by atoms with E-state index in [1.807, 2.05) is 55.5 Å². The van der Waals surface area contributed by atoms with Gasteiger partial charge in [0.1, 0.15) is 6.04 Å². The topological polar surface area (TPSA) is 53.5 Å². The number of benzene rings is 2. The number of hydrogen-bond donors (Lipinski definition) is 2. The molecule has 2 aromatic carbocycles. The zero-order chi connectivity index (χ0) is 15.8. The van der Waals surface area contributed by atoms with Gasteiger partial charge < -0.3 is 5.32 Å². The minimum atomic E-state index is -0.342. The maximum Gasteiger partial charge on any atom is 0.262 e. The van der Waals surface area contributed by atoms with E-state index in [9.17, 15) is 4.79 Å². The van der Waals surface area contributed by atoms with E-state index in [-0.39, 0.29) is 11.9 Å². The van der Waals surface area contributed by atoms with Crippen molar-refractivity contribution in [3.63, 3.8) is 0 Å². The van der Waals surface area contributed by atoms with E-state index >= 15 is 0 Å². The van der Waals surface area contributed by atoms with Crippen LogP contribution in [0, 0.1) is 0 Å². The molecule has 2 rings (SSSR count). The molecular formula is C17H18ClN3O. The molecule has 0 bridgehead atoms. The monoisotopic (exact) mass is 315 g/mol. The average molecular weight is 316 g/mol. The van der Waals surface area contributed by atoms with E-state index in [4.69, 9.17) is 11.6 Å². The molecule has 5 heteroatoms. The molecule has 0 aromatic heterocycles. The van der Waals surface area contributed by atoms with Crippen LogP contribution in [-0.4, -0.2) is 18.2 Å². The average Bonchev–Trinajstić information content (AvgIpc) is 2.55. The quantitative estimate of drug-likeness (QED) is 0.631. The first-order valence-electron chi connectivity index (χ1n) is 7.09. The van der Waals surface area contributed by atoms with Gasteiger partial charge in [0.2, 0.25) is 0 Å². The molecular weight excluding hydrogens is 298 g/mol. The number of halogens is 1. The Morgan fingerprint density at radius 1 is 1.18 bits per heavy atom. The second kappa shape index (κ2) is 8.20. The van der Waals surface area contributed by atoms with Gasteiger partial charge in [-0.05, 0) is 24.6 Å². The summed E-state index contributed by atoms with van der Waals surface area (Å²) in [5.41, 5.74) is 4.20. The molecule has 114 valence electrons. The van der Waals surface area contributed by atoms with E-state index in [1.165, 1.54) is 6.21 Å². The summed E-state index contributed by atoms with van der Waals surface area (Å²) in [6.07, 6.45) is 2.19. The van der Waals surface area contributed by atoms with Gasteiger partial charge in [0.25, 0.3) is 5.91 Å². The molecule has 4 nitrogen and oxygen atoms in total.